The van der Waals surface area contributed by atoms with Crippen LogP contribution in [0.2, 0.25) is 0 Å². The molecule has 0 aliphatic rings. The molecule has 0 unspecified atom stereocenters. The molecule has 0 fully saturated rings. The number of hydrogen-bond acceptors (Lipinski definition) is 2. The summed E-state index contributed by atoms with van der Waals surface area (Å²) in [6.45, 7) is 4.33. The Labute approximate surface area is 132 Å². The average Bonchev–Trinajstić information content (AvgIpc) is 2.38. The van der Waals surface area contributed by atoms with Gasteiger partial charge in [0.1, 0.15) is 0 Å². The third kappa shape index (κ3) is 3.52. The van der Waals surface area contributed by atoms with Gasteiger partial charge in [-0.3, -0.25) is 16.5 Å². The van der Waals surface area contributed by atoms with Gasteiger partial charge in [0, 0.05) is 32.2 Å². The second-order valence-electron chi connectivity index (χ2n) is 5.01. The molecule has 0 amide bonds. The molecule has 20 heavy (non-hydrogen) atoms. The number of rotatable bonds is 5. The number of benzene rings is 1. The predicted molar refractivity (Wildman–Crippen MR) is 88.2 cm³/mol. The Bertz CT molecular complexity index is 614. The highest BCUT2D eigenvalue weighted by Crippen LogP contribution is 2.34. The molecular weight excluding hydrogens is 334 g/mol. The van der Waals surface area contributed by atoms with E-state index in [1.54, 1.807) is 11.8 Å². The first kappa shape index (κ1) is 15.8. The lowest BCUT2D eigenvalue weighted by Gasteiger charge is -2.14. The van der Waals surface area contributed by atoms with Crippen molar-refractivity contribution in [3.8, 4) is 0 Å². The van der Waals surface area contributed by atoms with E-state index < -0.39 is 0 Å². The van der Waals surface area contributed by atoms with Crippen molar-refractivity contribution in [1.29, 1.82) is 0 Å². The zero-order valence-electron chi connectivity index (χ0n) is 12.1. The first-order valence-electron chi connectivity index (χ1n) is 6.94. The summed E-state index contributed by atoms with van der Waals surface area (Å²) in [7, 11) is 0. The van der Waals surface area contributed by atoms with E-state index in [1.165, 1.54) is 28.7 Å². The lowest BCUT2D eigenvalue weighted by molar-refractivity contribution is -0.619. The van der Waals surface area contributed by atoms with Gasteiger partial charge in [0.25, 0.3) is 5.50 Å². The highest BCUT2D eigenvalue weighted by molar-refractivity contribution is 9.10. The minimum absolute atomic E-state index is 0.0827. The van der Waals surface area contributed by atoms with Crippen molar-refractivity contribution in [2.75, 3.05) is 0 Å². The number of unbranched alkanes of at least 4 members (excludes halogenated alkanes) is 1. The number of fused-ring (bicyclic) bond motifs is 1. The first-order chi connectivity index (χ1) is 9.52. The van der Waals surface area contributed by atoms with Gasteiger partial charge in [0.15, 0.2) is 0 Å². The maximum atomic E-state index is 4.76. The van der Waals surface area contributed by atoms with Crippen LogP contribution in [-0.4, -0.2) is 10.5 Å². The molecule has 0 saturated carbocycles. The Hall–Kier alpha value is -0.620. The quantitative estimate of drug-likeness (QED) is 0.639. The maximum Gasteiger partial charge on any atom is 0.260 e. The largest absolute Gasteiger partial charge is 0.299 e. The summed E-state index contributed by atoms with van der Waals surface area (Å²) in [5, 5.41) is 1.21. The predicted octanol–water partition coefficient (Wildman–Crippen LogP) is 2.51. The first-order valence-corrected chi connectivity index (χ1v) is 8.61. The molecule has 0 radical (unpaired) electrons. The Morgan fingerprint density at radius 3 is 2.75 bits per heavy atom. The Morgan fingerprint density at radius 1 is 1.35 bits per heavy atom. The van der Waals surface area contributed by atoms with Gasteiger partial charge in [-0.25, -0.2) is 0 Å². The van der Waals surface area contributed by atoms with Gasteiger partial charge in [-0.05, 0) is 43.5 Å². The summed E-state index contributed by atoms with van der Waals surface area (Å²) in [6, 6.07) is 6.27. The van der Waals surface area contributed by atoms with Crippen LogP contribution in [0.5, 0.6) is 0 Å². The summed E-state index contributed by atoms with van der Waals surface area (Å²) >= 11 is 5.31. The van der Waals surface area contributed by atoms with Crippen LogP contribution in [0.25, 0.3) is 10.9 Å². The smallest absolute Gasteiger partial charge is 0.260 e. The molecular formula is C15H22BrN3S+2. The molecule has 0 aliphatic heterocycles. The third-order valence-corrected chi connectivity index (χ3v) is 4.80. The molecule has 1 aromatic heterocycles. The van der Waals surface area contributed by atoms with E-state index >= 15 is 0 Å². The van der Waals surface area contributed by atoms with E-state index in [0.29, 0.717) is 0 Å². The standard InChI is InChI=1S/C15H20BrN3S/c1-3-4-5-11-9(2)19-13-7-6-10(16)8-12(13)14(11)20-15(17)18/h6-8,15H,3-5,17-18H2,1-2H3/p+2. The highest BCUT2D eigenvalue weighted by Gasteiger charge is 2.17. The molecule has 3 nitrogen and oxygen atoms in total. The van der Waals surface area contributed by atoms with E-state index in [0.717, 1.165) is 22.1 Å². The molecule has 0 bridgehead atoms. The lowest BCUT2D eigenvalue weighted by Crippen LogP contribution is -2.82. The van der Waals surface area contributed by atoms with Crippen molar-refractivity contribution in [2.45, 2.75) is 43.5 Å². The zero-order chi connectivity index (χ0) is 14.7. The Balaban J connectivity index is 2.64. The van der Waals surface area contributed by atoms with Crippen LogP contribution in [0.3, 0.4) is 0 Å². The van der Waals surface area contributed by atoms with E-state index in [1.807, 2.05) is 6.07 Å². The van der Waals surface area contributed by atoms with E-state index in [9.17, 15) is 0 Å². The van der Waals surface area contributed by atoms with Crippen LogP contribution in [0.1, 0.15) is 31.0 Å². The zero-order valence-corrected chi connectivity index (χ0v) is 14.5. The molecule has 108 valence electrons. The monoisotopic (exact) mass is 355 g/mol. The fourth-order valence-corrected chi connectivity index (χ4v) is 3.69. The minimum Gasteiger partial charge on any atom is -0.299 e. The normalized spacial score (nSPS) is 11.5. The SMILES string of the molecule is CCCCc1c(C)nc2ccc(Br)cc2c1SC([NH3+])[NH3+]. The number of nitrogens with zero attached hydrogens (tertiary/aromatic N) is 1. The number of pyridine rings is 1. The number of aromatic nitrogens is 1. The van der Waals surface area contributed by atoms with Crippen LogP contribution in [-0.2, 0) is 6.42 Å². The van der Waals surface area contributed by atoms with Gasteiger partial charge in [-0.15, -0.1) is 0 Å². The van der Waals surface area contributed by atoms with Crippen LogP contribution < -0.4 is 11.5 Å². The summed E-state index contributed by atoms with van der Waals surface area (Å²) in [5.41, 5.74) is 11.7. The van der Waals surface area contributed by atoms with Crippen LogP contribution >= 0.6 is 27.7 Å². The Morgan fingerprint density at radius 2 is 2.10 bits per heavy atom. The molecule has 6 N–H and O–H groups in total. The average molecular weight is 356 g/mol. The highest BCUT2D eigenvalue weighted by atomic mass is 79.9. The molecule has 1 aromatic carbocycles. The van der Waals surface area contributed by atoms with Gasteiger partial charge in [-0.2, -0.15) is 0 Å². The molecule has 0 saturated heterocycles. The summed E-state index contributed by atoms with van der Waals surface area (Å²) in [6.07, 6.45) is 3.46. The number of thioether (sulfide) groups is 1. The number of aryl methyl sites for hydroxylation is 1. The molecule has 2 rings (SSSR count). The van der Waals surface area contributed by atoms with Gasteiger partial charge in [0.2, 0.25) is 0 Å². The second-order valence-corrected chi connectivity index (χ2v) is 7.24. The summed E-state index contributed by atoms with van der Waals surface area (Å²) in [5.74, 6) is 0. The molecule has 0 spiro atoms. The van der Waals surface area contributed by atoms with Crippen LogP contribution in [0, 0.1) is 6.92 Å². The number of halogens is 1. The van der Waals surface area contributed by atoms with E-state index in [4.69, 9.17) is 4.98 Å². The maximum absolute atomic E-state index is 4.76. The molecule has 0 atom stereocenters. The van der Waals surface area contributed by atoms with Crippen molar-refractivity contribution >= 4 is 38.6 Å². The number of hydrogen-bond donors (Lipinski definition) is 2. The van der Waals surface area contributed by atoms with Gasteiger partial charge < -0.3 is 0 Å². The van der Waals surface area contributed by atoms with Crippen molar-refractivity contribution in [1.82, 2.24) is 4.98 Å². The van der Waals surface area contributed by atoms with E-state index in [2.05, 4.69) is 53.4 Å². The van der Waals surface area contributed by atoms with Crippen LogP contribution in [0.15, 0.2) is 27.6 Å². The lowest BCUT2D eigenvalue weighted by atomic mass is 10.0. The van der Waals surface area contributed by atoms with Gasteiger partial charge in [0.05, 0.1) is 5.52 Å². The number of quaternary nitrogens is 2. The van der Waals surface area contributed by atoms with Crippen molar-refractivity contribution in [3.63, 3.8) is 0 Å². The topological polar surface area (TPSA) is 68.2 Å². The van der Waals surface area contributed by atoms with Gasteiger partial charge in [-0.1, -0.05) is 29.3 Å². The molecule has 2 aromatic rings. The fourth-order valence-electron chi connectivity index (χ4n) is 2.31. The van der Waals surface area contributed by atoms with Crippen LogP contribution in [0.4, 0.5) is 0 Å². The van der Waals surface area contributed by atoms with Crippen molar-refractivity contribution in [2.24, 2.45) is 0 Å². The second kappa shape index (κ2) is 6.89. The van der Waals surface area contributed by atoms with Crippen molar-refractivity contribution < 1.29 is 11.5 Å². The van der Waals surface area contributed by atoms with Gasteiger partial charge >= 0.3 is 0 Å². The summed E-state index contributed by atoms with van der Waals surface area (Å²) in [4.78, 5) is 6.07. The van der Waals surface area contributed by atoms with Crippen molar-refractivity contribution in [3.05, 3.63) is 33.9 Å². The molecule has 0 aliphatic carbocycles. The molecule has 5 heteroatoms. The van der Waals surface area contributed by atoms with E-state index in [-0.39, 0.29) is 5.50 Å². The fraction of sp³-hybridized carbons (Fsp3) is 0.400. The third-order valence-electron chi connectivity index (χ3n) is 3.27. The minimum atomic E-state index is 0.0827. The molecule has 1 heterocycles. The summed E-state index contributed by atoms with van der Waals surface area (Å²) < 4.78 is 1.09. The Kier molecular flexibility index (Phi) is 5.43.